The van der Waals surface area contributed by atoms with Crippen molar-refractivity contribution < 1.29 is 23.9 Å². The van der Waals surface area contributed by atoms with Gasteiger partial charge >= 0.3 is 6.03 Å². The van der Waals surface area contributed by atoms with Crippen LogP contribution in [-0.4, -0.2) is 30.6 Å². The van der Waals surface area contributed by atoms with E-state index >= 15 is 0 Å². The minimum Gasteiger partial charge on any atom is -0.490 e. The monoisotopic (exact) mass is 428 g/mol. The first-order valence-electron chi connectivity index (χ1n) is 9.40. The Morgan fingerprint density at radius 3 is 2.53 bits per heavy atom. The second kappa shape index (κ2) is 9.00. The molecule has 0 aromatic heterocycles. The van der Waals surface area contributed by atoms with Gasteiger partial charge in [0.1, 0.15) is 5.57 Å². The van der Waals surface area contributed by atoms with Crippen LogP contribution in [0.4, 0.5) is 10.5 Å². The van der Waals surface area contributed by atoms with Gasteiger partial charge < -0.3 is 9.47 Å². The highest BCUT2D eigenvalue weighted by molar-refractivity contribution is 6.39. The molecule has 2 aromatic carbocycles. The number of halogens is 1. The van der Waals surface area contributed by atoms with E-state index < -0.39 is 17.8 Å². The van der Waals surface area contributed by atoms with Crippen LogP contribution in [0.1, 0.15) is 26.3 Å². The smallest absolute Gasteiger partial charge is 0.335 e. The lowest BCUT2D eigenvalue weighted by atomic mass is 10.1. The lowest BCUT2D eigenvalue weighted by Gasteiger charge is -2.26. The molecule has 0 atom stereocenters. The Balaban J connectivity index is 1.99. The van der Waals surface area contributed by atoms with E-state index in [1.807, 2.05) is 20.8 Å². The molecule has 1 aliphatic heterocycles. The molecule has 0 bridgehead atoms. The van der Waals surface area contributed by atoms with Crippen LogP contribution < -0.4 is 19.7 Å². The number of imide groups is 2. The fourth-order valence-corrected chi connectivity index (χ4v) is 3.09. The van der Waals surface area contributed by atoms with E-state index in [1.54, 1.807) is 36.4 Å². The van der Waals surface area contributed by atoms with Crippen molar-refractivity contribution in [1.29, 1.82) is 0 Å². The molecule has 1 aliphatic rings. The summed E-state index contributed by atoms with van der Waals surface area (Å²) >= 11 is 5.98. The highest BCUT2D eigenvalue weighted by atomic mass is 35.5. The number of amides is 4. The number of urea groups is 1. The quantitative estimate of drug-likeness (QED) is 0.550. The highest BCUT2D eigenvalue weighted by Crippen LogP contribution is 2.31. The number of carbonyl (C=O) groups is 3. The van der Waals surface area contributed by atoms with Gasteiger partial charge in [0, 0.05) is 5.02 Å². The molecule has 156 valence electrons. The Morgan fingerprint density at radius 1 is 1.10 bits per heavy atom. The van der Waals surface area contributed by atoms with Crippen LogP contribution in [0.2, 0.25) is 5.02 Å². The fraction of sp³-hybridized carbons (Fsp3) is 0.227. The summed E-state index contributed by atoms with van der Waals surface area (Å²) in [6.07, 6.45) is 1.36. The van der Waals surface area contributed by atoms with E-state index in [0.29, 0.717) is 28.7 Å². The fourth-order valence-electron chi connectivity index (χ4n) is 2.91. The van der Waals surface area contributed by atoms with Gasteiger partial charge in [-0.2, -0.15) is 0 Å². The first-order chi connectivity index (χ1) is 14.3. The zero-order valence-corrected chi connectivity index (χ0v) is 17.5. The van der Waals surface area contributed by atoms with Crippen LogP contribution in [0.5, 0.6) is 11.5 Å². The maximum atomic E-state index is 13.0. The molecular formula is C22H21ClN2O5. The third-order valence-electron chi connectivity index (χ3n) is 4.11. The summed E-state index contributed by atoms with van der Waals surface area (Å²) in [5.74, 6) is -0.466. The topological polar surface area (TPSA) is 84.9 Å². The number of ether oxygens (including phenoxy) is 2. The Kier molecular flexibility index (Phi) is 6.42. The van der Waals surface area contributed by atoms with Crippen molar-refractivity contribution >= 4 is 41.2 Å². The standard InChI is InChI=1S/C22H21ClN2O5/c1-4-29-19-11-14(8-9-18(19)30-13(2)3)10-17-20(26)24-22(28)25(21(17)27)16-7-5-6-15(23)12-16/h5-13H,4H2,1-3H3,(H,24,26,28)/b17-10+. The van der Waals surface area contributed by atoms with Gasteiger partial charge in [-0.15, -0.1) is 0 Å². The van der Waals surface area contributed by atoms with Crippen molar-refractivity contribution in [1.82, 2.24) is 5.32 Å². The lowest BCUT2D eigenvalue weighted by Crippen LogP contribution is -2.54. The molecule has 30 heavy (non-hydrogen) atoms. The minimum atomic E-state index is -0.833. The predicted molar refractivity (Wildman–Crippen MR) is 114 cm³/mol. The van der Waals surface area contributed by atoms with Gasteiger partial charge in [-0.1, -0.05) is 23.7 Å². The number of carbonyl (C=O) groups excluding carboxylic acids is 3. The molecule has 1 N–H and O–H groups in total. The second-order valence-corrected chi connectivity index (χ2v) is 7.18. The molecule has 1 heterocycles. The number of benzene rings is 2. The van der Waals surface area contributed by atoms with Crippen molar-refractivity contribution in [2.75, 3.05) is 11.5 Å². The van der Waals surface area contributed by atoms with Crippen molar-refractivity contribution in [2.45, 2.75) is 26.9 Å². The van der Waals surface area contributed by atoms with Crippen LogP contribution >= 0.6 is 11.6 Å². The molecule has 0 spiro atoms. The van der Waals surface area contributed by atoms with Gasteiger partial charge in [0.15, 0.2) is 11.5 Å². The van der Waals surface area contributed by atoms with Gasteiger partial charge in [0.2, 0.25) is 0 Å². The molecule has 0 saturated carbocycles. The molecule has 0 aliphatic carbocycles. The van der Waals surface area contributed by atoms with Crippen molar-refractivity contribution in [2.24, 2.45) is 0 Å². The average molecular weight is 429 g/mol. The summed E-state index contributed by atoms with van der Waals surface area (Å²) in [5.41, 5.74) is 0.627. The molecule has 0 unspecified atom stereocenters. The van der Waals surface area contributed by atoms with Gasteiger partial charge in [0.05, 0.1) is 18.4 Å². The van der Waals surface area contributed by atoms with Crippen LogP contribution in [0.25, 0.3) is 6.08 Å². The van der Waals surface area contributed by atoms with Crippen LogP contribution in [0.3, 0.4) is 0 Å². The lowest BCUT2D eigenvalue weighted by molar-refractivity contribution is -0.122. The Bertz CT molecular complexity index is 1030. The number of nitrogens with one attached hydrogen (secondary N) is 1. The van der Waals surface area contributed by atoms with Crippen molar-refractivity contribution in [3.05, 3.63) is 58.6 Å². The molecule has 7 nitrogen and oxygen atoms in total. The van der Waals surface area contributed by atoms with E-state index in [1.165, 1.54) is 12.1 Å². The molecular weight excluding hydrogens is 408 g/mol. The Morgan fingerprint density at radius 2 is 1.87 bits per heavy atom. The summed E-state index contributed by atoms with van der Waals surface area (Å²) in [6.45, 7) is 6.07. The average Bonchev–Trinajstić information content (AvgIpc) is 2.67. The summed E-state index contributed by atoms with van der Waals surface area (Å²) in [4.78, 5) is 38.5. The highest BCUT2D eigenvalue weighted by Gasteiger charge is 2.36. The first-order valence-corrected chi connectivity index (χ1v) is 9.78. The molecule has 1 fully saturated rings. The summed E-state index contributed by atoms with van der Waals surface area (Å²) in [5, 5.41) is 2.54. The van der Waals surface area contributed by atoms with Gasteiger partial charge in [-0.3, -0.25) is 14.9 Å². The number of rotatable bonds is 6. The second-order valence-electron chi connectivity index (χ2n) is 6.74. The SMILES string of the molecule is CCOc1cc(/C=C2\C(=O)NC(=O)N(c3cccc(Cl)c3)C2=O)ccc1OC(C)C. The van der Waals surface area contributed by atoms with Crippen molar-refractivity contribution in [3.8, 4) is 11.5 Å². The van der Waals surface area contributed by atoms with Crippen LogP contribution in [0, 0.1) is 0 Å². The molecule has 8 heteroatoms. The van der Waals surface area contributed by atoms with E-state index in [4.69, 9.17) is 21.1 Å². The largest absolute Gasteiger partial charge is 0.490 e. The van der Waals surface area contributed by atoms with Gasteiger partial charge in [-0.25, -0.2) is 9.69 Å². The van der Waals surface area contributed by atoms with E-state index in [0.717, 1.165) is 4.90 Å². The molecule has 4 amide bonds. The zero-order valence-electron chi connectivity index (χ0n) is 16.8. The summed E-state index contributed by atoms with van der Waals surface area (Å²) in [6, 6.07) is 10.5. The molecule has 2 aromatic rings. The van der Waals surface area contributed by atoms with Gasteiger partial charge in [-0.05, 0) is 62.7 Å². The number of nitrogens with zero attached hydrogens (tertiary/aromatic N) is 1. The third kappa shape index (κ3) is 4.63. The minimum absolute atomic E-state index is 0.0450. The molecule has 3 rings (SSSR count). The first kappa shape index (κ1) is 21.4. The number of barbiturate groups is 1. The summed E-state index contributed by atoms with van der Waals surface area (Å²) in [7, 11) is 0. The van der Waals surface area contributed by atoms with E-state index in [2.05, 4.69) is 5.32 Å². The molecule has 1 saturated heterocycles. The van der Waals surface area contributed by atoms with Crippen molar-refractivity contribution in [3.63, 3.8) is 0 Å². The Labute approximate surface area is 179 Å². The predicted octanol–water partition coefficient (Wildman–Crippen LogP) is 4.19. The van der Waals surface area contributed by atoms with Crippen LogP contribution in [-0.2, 0) is 9.59 Å². The zero-order chi connectivity index (χ0) is 21.8. The normalized spacial score (nSPS) is 15.6. The van der Waals surface area contributed by atoms with Gasteiger partial charge in [0.25, 0.3) is 11.8 Å². The third-order valence-corrected chi connectivity index (χ3v) is 4.34. The maximum Gasteiger partial charge on any atom is 0.335 e. The van der Waals surface area contributed by atoms with Crippen LogP contribution in [0.15, 0.2) is 48.0 Å². The molecule has 0 radical (unpaired) electrons. The van der Waals surface area contributed by atoms with E-state index in [9.17, 15) is 14.4 Å². The number of anilines is 1. The number of hydrogen-bond acceptors (Lipinski definition) is 5. The number of hydrogen-bond donors (Lipinski definition) is 1. The Hall–Kier alpha value is -3.32. The maximum absolute atomic E-state index is 13.0. The van der Waals surface area contributed by atoms with E-state index in [-0.39, 0.29) is 17.4 Å². The summed E-state index contributed by atoms with van der Waals surface area (Å²) < 4.78 is 11.4.